The first-order valence-corrected chi connectivity index (χ1v) is 7.16. The minimum absolute atomic E-state index is 0.887. The first-order valence-electron chi connectivity index (χ1n) is 6.34. The Balaban J connectivity index is 1.77. The number of nitrogens with one attached hydrogen (secondary N) is 1. The Morgan fingerprint density at radius 1 is 1.25 bits per heavy atom. The fourth-order valence-electron chi connectivity index (χ4n) is 2.35. The quantitative estimate of drug-likeness (QED) is 0.775. The lowest BCUT2D eigenvalue weighted by Crippen LogP contribution is -2.08. The molecule has 1 heterocycles. The zero-order valence-electron chi connectivity index (χ0n) is 10.0. The Morgan fingerprint density at radius 3 is 2.75 bits per heavy atom. The molecule has 0 saturated heterocycles. The summed E-state index contributed by atoms with van der Waals surface area (Å²) in [6, 6.07) is 0. The maximum Gasteiger partial charge on any atom is 0.117 e. The summed E-state index contributed by atoms with van der Waals surface area (Å²) in [5, 5.41) is 14.2. The summed E-state index contributed by atoms with van der Waals surface area (Å²) in [5.74, 6) is 0.887. The third kappa shape index (κ3) is 3.52. The molecule has 2 rings (SSSR count). The highest BCUT2D eigenvalue weighted by molar-refractivity contribution is 7.11. The van der Waals surface area contributed by atoms with E-state index in [9.17, 15) is 0 Å². The summed E-state index contributed by atoms with van der Waals surface area (Å²) in [6.45, 7) is 1.07. The number of hydrogen-bond donors (Lipinski definition) is 1. The van der Waals surface area contributed by atoms with Crippen LogP contribution in [0.15, 0.2) is 0 Å². The Kier molecular flexibility index (Phi) is 4.72. The smallest absolute Gasteiger partial charge is 0.117 e. The molecule has 0 aliphatic heterocycles. The van der Waals surface area contributed by atoms with Crippen LogP contribution >= 0.6 is 11.3 Å². The fraction of sp³-hybridized carbons (Fsp3) is 0.833. The first-order chi connectivity index (χ1) is 7.88. The van der Waals surface area contributed by atoms with Gasteiger partial charge in [-0.05, 0) is 25.9 Å². The van der Waals surface area contributed by atoms with Crippen LogP contribution in [0.1, 0.15) is 42.1 Å². The third-order valence-electron chi connectivity index (χ3n) is 3.26. The lowest BCUT2D eigenvalue weighted by molar-refractivity contribution is 0.542. The monoisotopic (exact) mass is 239 g/mol. The number of aryl methyl sites for hydroxylation is 1. The van der Waals surface area contributed by atoms with E-state index in [-0.39, 0.29) is 0 Å². The van der Waals surface area contributed by atoms with Gasteiger partial charge in [0.15, 0.2) is 0 Å². The molecule has 0 unspecified atom stereocenters. The van der Waals surface area contributed by atoms with Crippen molar-refractivity contribution in [2.45, 2.75) is 44.9 Å². The molecule has 90 valence electrons. The van der Waals surface area contributed by atoms with Gasteiger partial charge in [0.1, 0.15) is 10.0 Å². The number of rotatable bonds is 6. The van der Waals surface area contributed by atoms with E-state index in [2.05, 4.69) is 15.5 Å². The van der Waals surface area contributed by atoms with Crippen molar-refractivity contribution in [1.82, 2.24) is 15.5 Å². The van der Waals surface area contributed by atoms with Crippen LogP contribution in [0.2, 0.25) is 0 Å². The van der Waals surface area contributed by atoms with Crippen molar-refractivity contribution in [2.24, 2.45) is 5.92 Å². The maximum atomic E-state index is 4.31. The van der Waals surface area contributed by atoms with E-state index in [0.29, 0.717) is 0 Å². The first kappa shape index (κ1) is 12.0. The average molecular weight is 239 g/mol. The molecule has 0 spiro atoms. The Hall–Kier alpha value is -0.480. The van der Waals surface area contributed by atoms with Crippen molar-refractivity contribution in [1.29, 1.82) is 0 Å². The van der Waals surface area contributed by atoms with E-state index in [1.54, 1.807) is 0 Å². The second-order valence-corrected chi connectivity index (χ2v) is 5.80. The van der Waals surface area contributed by atoms with Crippen LogP contribution in [0.25, 0.3) is 0 Å². The van der Waals surface area contributed by atoms with Crippen LogP contribution in [0.5, 0.6) is 0 Å². The molecule has 0 amide bonds. The van der Waals surface area contributed by atoms with Crippen molar-refractivity contribution in [3.05, 3.63) is 10.0 Å². The van der Waals surface area contributed by atoms with E-state index in [4.69, 9.17) is 0 Å². The lowest BCUT2D eigenvalue weighted by Gasteiger charge is -2.03. The molecule has 4 heteroatoms. The molecule has 1 aromatic heterocycles. The molecular weight excluding hydrogens is 218 g/mol. The number of aromatic nitrogens is 2. The minimum atomic E-state index is 0.887. The predicted octanol–water partition coefficient (Wildman–Crippen LogP) is 2.42. The van der Waals surface area contributed by atoms with E-state index in [1.165, 1.54) is 42.1 Å². The van der Waals surface area contributed by atoms with Crippen LogP contribution in [0.3, 0.4) is 0 Å². The SMILES string of the molecule is CNCCCc1nnc(CC2CCCC2)s1. The largest absolute Gasteiger partial charge is 0.320 e. The third-order valence-corrected chi connectivity index (χ3v) is 4.27. The van der Waals surface area contributed by atoms with E-state index < -0.39 is 0 Å². The lowest BCUT2D eigenvalue weighted by atomic mass is 10.1. The zero-order chi connectivity index (χ0) is 11.2. The van der Waals surface area contributed by atoms with Gasteiger partial charge in [-0.2, -0.15) is 0 Å². The molecule has 1 fully saturated rings. The van der Waals surface area contributed by atoms with Gasteiger partial charge in [-0.1, -0.05) is 25.7 Å². The maximum absolute atomic E-state index is 4.31. The average Bonchev–Trinajstić information content (AvgIpc) is 2.91. The van der Waals surface area contributed by atoms with Crippen molar-refractivity contribution >= 4 is 11.3 Å². The summed E-state index contributed by atoms with van der Waals surface area (Å²) in [6.07, 6.45) is 9.03. The number of nitrogens with zero attached hydrogens (tertiary/aromatic N) is 2. The van der Waals surface area contributed by atoms with Gasteiger partial charge in [-0.15, -0.1) is 21.5 Å². The Morgan fingerprint density at radius 2 is 2.00 bits per heavy atom. The summed E-state index contributed by atoms with van der Waals surface area (Å²) >= 11 is 1.82. The molecular formula is C12H21N3S. The van der Waals surface area contributed by atoms with Gasteiger partial charge in [0.05, 0.1) is 0 Å². The predicted molar refractivity (Wildman–Crippen MR) is 67.8 cm³/mol. The van der Waals surface area contributed by atoms with Crippen molar-refractivity contribution < 1.29 is 0 Å². The standard InChI is InChI=1S/C12H21N3S/c1-13-8-4-7-11-14-15-12(16-11)9-10-5-2-3-6-10/h10,13H,2-9H2,1H3. The Labute approximate surface area is 102 Å². The van der Waals surface area contributed by atoms with Gasteiger partial charge in [0, 0.05) is 12.8 Å². The summed E-state index contributed by atoms with van der Waals surface area (Å²) < 4.78 is 0. The summed E-state index contributed by atoms with van der Waals surface area (Å²) in [5.41, 5.74) is 0. The van der Waals surface area contributed by atoms with E-state index >= 15 is 0 Å². The highest BCUT2D eigenvalue weighted by Crippen LogP contribution is 2.28. The van der Waals surface area contributed by atoms with Gasteiger partial charge in [0.25, 0.3) is 0 Å². The molecule has 0 aromatic carbocycles. The number of hydrogen-bond acceptors (Lipinski definition) is 4. The molecule has 1 aliphatic rings. The van der Waals surface area contributed by atoms with Gasteiger partial charge < -0.3 is 5.32 Å². The van der Waals surface area contributed by atoms with Crippen molar-refractivity contribution in [3.63, 3.8) is 0 Å². The molecule has 1 aromatic rings. The van der Waals surface area contributed by atoms with Gasteiger partial charge in [0.2, 0.25) is 0 Å². The summed E-state index contributed by atoms with van der Waals surface area (Å²) in [4.78, 5) is 0. The molecule has 1 N–H and O–H groups in total. The van der Waals surface area contributed by atoms with Crippen LogP contribution < -0.4 is 5.32 Å². The second kappa shape index (κ2) is 6.30. The van der Waals surface area contributed by atoms with Crippen LogP contribution in [0.4, 0.5) is 0 Å². The van der Waals surface area contributed by atoms with Crippen LogP contribution in [-0.4, -0.2) is 23.8 Å². The topological polar surface area (TPSA) is 37.8 Å². The molecule has 0 radical (unpaired) electrons. The minimum Gasteiger partial charge on any atom is -0.320 e. The van der Waals surface area contributed by atoms with Gasteiger partial charge in [-0.3, -0.25) is 0 Å². The van der Waals surface area contributed by atoms with Gasteiger partial charge in [-0.25, -0.2) is 0 Å². The van der Waals surface area contributed by atoms with Crippen LogP contribution in [0, 0.1) is 5.92 Å². The van der Waals surface area contributed by atoms with E-state index in [0.717, 1.165) is 25.3 Å². The molecule has 3 nitrogen and oxygen atoms in total. The van der Waals surface area contributed by atoms with Crippen molar-refractivity contribution in [2.75, 3.05) is 13.6 Å². The second-order valence-electron chi connectivity index (χ2n) is 4.65. The highest BCUT2D eigenvalue weighted by Gasteiger charge is 2.17. The fourth-order valence-corrected chi connectivity index (χ4v) is 3.35. The van der Waals surface area contributed by atoms with Gasteiger partial charge >= 0.3 is 0 Å². The van der Waals surface area contributed by atoms with E-state index in [1.807, 2.05) is 18.4 Å². The Bertz CT molecular complexity index is 305. The molecule has 16 heavy (non-hydrogen) atoms. The molecule has 0 atom stereocenters. The van der Waals surface area contributed by atoms with Crippen molar-refractivity contribution in [3.8, 4) is 0 Å². The summed E-state index contributed by atoms with van der Waals surface area (Å²) in [7, 11) is 1.99. The highest BCUT2D eigenvalue weighted by atomic mass is 32.1. The molecule has 1 saturated carbocycles. The molecule has 0 bridgehead atoms. The van der Waals surface area contributed by atoms with Crippen LogP contribution in [-0.2, 0) is 12.8 Å². The zero-order valence-corrected chi connectivity index (χ0v) is 10.9. The molecule has 1 aliphatic carbocycles. The normalized spacial score (nSPS) is 17.1.